The van der Waals surface area contributed by atoms with E-state index in [1.807, 2.05) is 12.1 Å². The number of halogens is 1. The van der Waals surface area contributed by atoms with Crippen molar-refractivity contribution >= 4 is 32.7 Å². The molecule has 0 saturated carbocycles. The standard InChI is InChI=1S/C15H19BrN2O/c1-5-17-15-10(9(2)3)8-11-13(19-4)7-6-12(16)14(11)18-15/h6-9H,5H2,1-4H3,(H,17,18). The fourth-order valence-electron chi connectivity index (χ4n) is 2.14. The highest BCUT2D eigenvalue weighted by Crippen LogP contribution is 2.35. The summed E-state index contributed by atoms with van der Waals surface area (Å²) in [7, 11) is 1.69. The molecule has 0 unspecified atom stereocenters. The summed E-state index contributed by atoms with van der Waals surface area (Å²) < 4.78 is 6.42. The second-order valence-electron chi connectivity index (χ2n) is 4.76. The summed E-state index contributed by atoms with van der Waals surface area (Å²) in [6.45, 7) is 7.29. The minimum absolute atomic E-state index is 0.412. The fourth-order valence-corrected chi connectivity index (χ4v) is 2.58. The molecule has 19 heavy (non-hydrogen) atoms. The number of pyridine rings is 1. The summed E-state index contributed by atoms with van der Waals surface area (Å²) in [4.78, 5) is 4.76. The Labute approximate surface area is 122 Å². The molecule has 1 aromatic heterocycles. The minimum atomic E-state index is 0.412. The molecule has 0 fully saturated rings. The van der Waals surface area contributed by atoms with Crippen molar-refractivity contribution in [3.05, 3.63) is 28.2 Å². The van der Waals surface area contributed by atoms with Crippen LogP contribution in [0, 0.1) is 0 Å². The maximum absolute atomic E-state index is 5.44. The van der Waals surface area contributed by atoms with Gasteiger partial charge >= 0.3 is 0 Å². The molecule has 0 saturated heterocycles. The quantitative estimate of drug-likeness (QED) is 0.895. The van der Waals surface area contributed by atoms with Crippen molar-refractivity contribution in [1.29, 1.82) is 0 Å². The largest absolute Gasteiger partial charge is 0.496 e. The average molecular weight is 323 g/mol. The molecule has 1 heterocycles. The number of benzene rings is 1. The van der Waals surface area contributed by atoms with Gasteiger partial charge in [0, 0.05) is 16.4 Å². The summed E-state index contributed by atoms with van der Waals surface area (Å²) in [6, 6.07) is 6.11. The molecule has 0 radical (unpaired) electrons. The molecule has 0 spiro atoms. The van der Waals surface area contributed by atoms with Crippen molar-refractivity contribution in [1.82, 2.24) is 4.98 Å². The van der Waals surface area contributed by atoms with Gasteiger partial charge in [-0.2, -0.15) is 0 Å². The molecule has 1 aromatic carbocycles. The smallest absolute Gasteiger partial charge is 0.130 e. The third-order valence-corrected chi connectivity index (χ3v) is 3.75. The summed E-state index contributed by atoms with van der Waals surface area (Å²) in [5.41, 5.74) is 2.14. The lowest BCUT2D eigenvalue weighted by Crippen LogP contribution is -2.05. The predicted octanol–water partition coefficient (Wildman–Crippen LogP) is 4.56. The number of methoxy groups -OCH3 is 1. The predicted molar refractivity (Wildman–Crippen MR) is 84.2 cm³/mol. The zero-order valence-corrected chi connectivity index (χ0v) is 13.3. The highest BCUT2D eigenvalue weighted by atomic mass is 79.9. The summed E-state index contributed by atoms with van der Waals surface area (Å²) in [5.74, 6) is 2.23. The van der Waals surface area contributed by atoms with Gasteiger partial charge in [0.2, 0.25) is 0 Å². The Kier molecular flexibility index (Phi) is 4.30. The molecule has 102 valence electrons. The summed E-state index contributed by atoms with van der Waals surface area (Å²) in [6.07, 6.45) is 0. The van der Waals surface area contributed by atoms with E-state index in [1.165, 1.54) is 5.56 Å². The van der Waals surface area contributed by atoms with Gasteiger partial charge in [-0.25, -0.2) is 4.98 Å². The van der Waals surface area contributed by atoms with E-state index in [9.17, 15) is 0 Å². The van der Waals surface area contributed by atoms with Crippen LogP contribution in [-0.4, -0.2) is 18.6 Å². The number of rotatable bonds is 4. The Bertz CT molecular complexity index is 596. The Morgan fingerprint density at radius 3 is 2.68 bits per heavy atom. The second kappa shape index (κ2) is 5.78. The molecule has 1 N–H and O–H groups in total. The van der Waals surface area contributed by atoms with Gasteiger partial charge in [0.15, 0.2) is 0 Å². The molecule has 4 heteroatoms. The topological polar surface area (TPSA) is 34.2 Å². The first kappa shape index (κ1) is 14.1. The first-order valence-corrected chi connectivity index (χ1v) is 7.28. The maximum atomic E-state index is 5.44. The van der Waals surface area contributed by atoms with Crippen LogP contribution in [0.25, 0.3) is 10.9 Å². The number of anilines is 1. The van der Waals surface area contributed by atoms with E-state index in [4.69, 9.17) is 9.72 Å². The molecule has 0 aliphatic rings. The van der Waals surface area contributed by atoms with Crippen molar-refractivity contribution in [2.45, 2.75) is 26.7 Å². The van der Waals surface area contributed by atoms with E-state index in [0.717, 1.165) is 33.5 Å². The first-order valence-electron chi connectivity index (χ1n) is 6.49. The molecular formula is C15H19BrN2O. The Hall–Kier alpha value is -1.29. The van der Waals surface area contributed by atoms with Gasteiger partial charge in [-0.15, -0.1) is 0 Å². The molecular weight excluding hydrogens is 304 g/mol. The third-order valence-electron chi connectivity index (χ3n) is 3.11. The number of hydrogen-bond acceptors (Lipinski definition) is 3. The zero-order chi connectivity index (χ0) is 14.0. The van der Waals surface area contributed by atoms with Crippen LogP contribution in [0.2, 0.25) is 0 Å². The average Bonchev–Trinajstić information content (AvgIpc) is 2.39. The number of nitrogens with zero attached hydrogens (tertiary/aromatic N) is 1. The van der Waals surface area contributed by atoms with Crippen molar-refractivity contribution < 1.29 is 4.74 Å². The van der Waals surface area contributed by atoms with Crippen LogP contribution in [-0.2, 0) is 0 Å². The maximum Gasteiger partial charge on any atom is 0.130 e. The molecule has 2 aromatic rings. The van der Waals surface area contributed by atoms with E-state index < -0.39 is 0 Å². The Morgan fingerprint density at radius 2 is 2.11 bits per heavy atom. The summed E-state index contributed by atoms with van der Waals surface area (Å²) in [5, 5.41) is 4.39. The molecule has 0 aliphatic heterocycles. The van der Waals surface area contributed by atoms with Crippen molar-refractivity contribution in [2.75, 3.05) is 19.0 Å². The third kappa shape index (κ3) is 2.68. The van der Waals surface area contributed by atoms with Crippen LogP contribution < -0.4 is 10.1 Å². The van der Waals surface area contributed by atoms with Gasteiger partial charge in [-0.05, 0) is 52.5 Å². The van der Waals surface area contributed by atoms with E-state index >= 15 is 0 Å². The van der Waals surface area contributed by atoms with Crippen LogP contribution in [0.15, 0.2) is 22.7 Å². The van der Waals surface area contributed by atoms with Gasteiger partial charge in [0.1, 0.15) is 11.6 Å². The van der Waals surface area contributed by atoms with E-state index in [2.05, 4.69) is 48.1 Å². The summed E-state index contributed by atoms with van der Waals surface area (Å²) >= 11 is 3.56. The number of hydrogen-bond donors (Lipinski definition) is 1. The number of ether oxygens (including phenoxy) is 1. The highest BCUT2D eigenvalue weighted by molar-refractivity contribution is 9.10. The Balaban J connectivity index is 2.76. The van der Waals surface area contributed by atoms with Crippen LogP contribution in [0.4, 0.5) is 5.82 Å². The minimum Gasteiger partial charge on any atom is -0.496 e. The molecule has 3 nitrogen and oxygen atoms in total. The first-order chi connectivity index (χ1) is 9.08. The molecule has 2 rings (SSSR count). The van der Waals surface area contributed by atoms with Gasteiger partial charge < -0.3 is 10.1 Å². The number of fused-ring (bicyclic) bond motifs is 1. The van der Waals surface area contributed by atoms with Crippen molar-refractivity contribution in [3.8, 4) is 5.75 Å². The van der Waals surface area contributed by atoms with Crippen LogP contribution in [0.3, 0.4) is 0 Å². The van der Waals surface area contributed by atoms with E-state index in [-0.39, 0.29) is 0 Å². The molecule has 0 atom stereocenters. The lowest BCUT2D eigenvalue weighted by molar-refractivity contribution is 0.419. The SMILES string of the molecule is CCNc1nc2c(Br)ccc(OC)c2cc1C(C)C. The van der Waals surface area contributed by atoms with Crippen LogP contribution in [0.1, 0.15) is 32.3 Å². The van der Waals surface area contributed by atoms with Crippen LogP contribution in [0.5, 0.6) is 5.75 Å². The fraction of sp³-hybridized carbons (Fsp3) is 0.400. The monoisotopic (exact) mass is 322 g/mol. The van der Waals surface area contributed by atoms with Crippen molar-refractivity contribution in [3.63, 3.8) is 0 Å². The van der Waals surface area contributed by atoms with Gasteiger partial charge in [-0.3, -0.25) is 0 Å². The Morgan fingerprint density at radius 1 is 1.37 bits per heavy atom. The lowest BCUT2D eigenvalue weighted by Gasteiger charge is -2.16. The van der Waals surface area contributed by atoms with Gasteiger partial charge in [0.25, 0.3) is 0 Å². The number of nitrogens with one attached hydrogen (secondary N) is 1. The normalized spacial score (nSPS) is 11.1. The van der Waals surface area contributed by atoms with Crippen LogP contribution >= 0.6 is 15.9 Å². The molecule has 0 aliphatic carbocycles. The van der Waals surface area contributed by atoms with Gasteiger partial charge in [0.05, 0.1) is 12.6 Å². The number of aromatic nitrogens is 1. The molecule has 0 amide bonds. The van der Waals surface area contributed by atoms with Gasteiger partial charge in [-0.1, -0.05) is 13.8 Å². The lowest BCUT2D eigenvalue weighted by atomic mass is 10.0. The molecule has 0 bridgehead atoms. The highest BCUT2D eigenvalue weighted by Gasteiger charge is 2.14. The zero-order valence-electron chi connectivity index (χ0n) is 11.7. The van der Waals surface area contributed by atoms with E-state index in [0.29, 0.717) is 5.92 Å². The van der Waals surface area contributed by atoms with E-state index in [1.54, 1.807) is 7.11 Å². The second-order valence-corrected chi connectivity index (χ2v) is 5.61. The van der Waals surface area contributed by atoms with Crippen molar-refractivity contribution in [2.24, 2.45) is 0 Å².